The first-order chi connectivity index (χ1) is 7.65. The minimum Gasteiger partial charge on any atom is -0.466 e. The highest BCUT2D eigenvalue weighted by Gasteiger charge is 2.06. The molecular formula is C10H16N2O4. The van der Waals surface area contributed by atoms with Gasteiger partial charge in [-0.3, -0.25) is 13.9 Å². The number of esters is 1. The second-order valence-electron chi connectivity index (χ2n) is 3.41. The quantitative estimate of drug-likeness (QED) is 0.533. The van der Waals surface area contributed by atoms with E-state index in [1.165, 1.54) is 4.57 Å². The second-order valence-corrected chi connectivity index (χ2v) is 3.41. The lowest BCUT2D eigenvalue weighted by atomic mass is 10.2. The molecule has 0 aliphatic carbocycles. The maximum atomic E-state index is 11.1. The van der Waals surface area contributed by atoms with E-state index in [0.717, 1.165) is 6.42 Å². The van der Waals surface area contributed by atoms with E-state index in [9.17, 15) is 9.59 Å². The summed E-state index contributed by atoms with van der Waals surface area (Å²) in [6.07, 6.45) is 1.80. The van der Waals surface area contributed by atoms with E-state index in [1.807, 2.05) is 0 Å². The normalized spacial score (nSPS) is 10.4. The third kappa shape index (κ3) is 3.52. The van der Waals surface area contributed by atoms with Crippen molar-refractivity contribution in [2.45, 2.75) is 39.7 Å². The van der Waals surface area contributed by atoms with E-state index in [1.54, 1.807) is 13.8 Å². The maximum Gasteiger partial charge on any atom is 0.441 e. The Morgan fingerprint density at radius 2 is 2.25 bits per heavy atom. The molecule has 90 valence electrons. The molecule has 6 nitrogen and oxygen atoms in total. The van der Waals surface area contributed by atoms with Gasteiger partial charge in [0.15, 0.2) is 5.82 Å². The number of ether oxygens (including phenoxy) is 1. The van der Waals surface area contributed by atoms with Gasteiger partial charge in [0.2, 0.25) is 0 Å². The van der Waals surface area contributed by atoms with Crippen molar-refractivity contribution in [2.75, 3.05) is 6.61 Å². The Bertz CT molecular complexity index is 394. The zero-order valence-electron chi connectivity index (χ0n) is 9.56. The summed E-state index contributed by atoms with van der Waals surface area (Å²) in [4.78, 5) is 22.1. The van der Waals surface area contributed by atoms with Crippen molar-refractivity contribution in [3.8, 4) is 0 Å². The molecule has 0 aromatic carbocycles. The first-order valence-corrected chi connectivity index (χ1v) is 5.34. The van der Waals surface area contributed by atoms with Crippen molar-refractivity contribution in [1.29, 1.82) is 0 Å². The van der Waals surface area contributed by atoms with E-state index in [0.29, 0.717) is 31.8 Å². The Morgan fingerprint density at radius 3 is 2.81 bits per heavy atom. The van der Waals surface area contributed by atoms with Crippen LogP contribution in [0.15, 0.2) is 9.32 Å². The molecule has 6 heteroatoms. The van der Waals surface area contributed by atoms with Gasteiger partial charge in [0.05, 0.1) is 6.61 Å². The fourth-order valence-corrected chi connectivity index (χ4v) is 1.36. The summed E-state index contributed by atoms with van der Waals surface area (Å²) in [5.41, 5.74) is 0. The van der Waals surface area contributed by atoms with Crippen LogP contribution in [0.2, 0.25) is 0 Å². The Labute approximate surface area is 93.2 Å². The van der Waals surface area contributed by atoms with Gasteiger partial charge >= 0.3 is 11.7 Å². The van der Waals surface area contributed by atoms with Crippen molar-refractivity contribution < 1.29 is 14.1 Å². The highest BCUT2D eigenvalue weighted by molar-refractivity contribution is 5.69. The van der Waals surface area contributed by atoms with Crippen LogP contribution in [0, 0.1) is 6.92 Å². The molecule has 0 atom stereocenters. The lowest BCUT2D eigenvalue weighted by Gasteiger charge is -2.02. The topological polar surface area (TPSA) is 74.3 Å². The number of carbonyl (C=O) groups excluding carboxylic acids is 1. The largest absolute Gasteiger partial charge is 0.466 e. The number of hydrogen-bond donors (Lipinski definition) is 0. The molecule has 0 saturated carbocycles. The molecular weight excluding hydrogens is 212 g/mol. The van der Waals surface area contributed by atoms with Gasteiger partial charge in [-0.15, -0.1) is 0 Å². The minimum atomic E-state index is -0.450. The van der Waals surface area contributed by atoms with Crippen LogP contribution in [0.4, 0.5) is 0 Å². The molecule has 0 unspecified atom stereocenters. The van der Waals surface area contributed by atoms with Gasteiger partial charge in [0.25, 0.3) is 0 Å². The number of hydrogen-bond acceptors (Lipinski definition) is 5. The van der Waals surface area contributed by atoms with Gasteiger partial charge < -0.3 is 4.74 Å². The molecule has 0 N–H and O–H groups in total. The van der Waals surface area contributed by atoms with Gasteiger partial charge in [-0.1, -0.05) is 5.16 Å². The van der Waals surface area contributed by atoms with E-state index in [2.05, 4.69) is 9.68 Å². The lowest BCUT2D eigenvalue weighted by Crippen LogP contribution is -2.16. The van der Waals surface area contributed by atoms with Crippen LogP contribution < -0.4 is 5.76 Å². The van der Waals surface area contributed by atoms with E-state index in [-0.39, 0.29) is 5.97 Å². The summed E-state index contributed by atoms with van der Waals surface area (Å²) in [5, 5.41) is 3.54. The summed E-state index contributed by atoms with van der Waals surface area (Å²) in [7, 11) is 0. The van der Waals surface area contributed by atoms with E-state index < -0.39 is 5.76 Å². The van der Waals surface area contributed by atoms with Crippen LogP contribution in [0.5, 0.6) is 0 Å². The van der Waals surface area contributed by atoms with Crippen LogP contribution in [-0.4, -0.2) is 22.3 Å². The van der Waals surface area contributed by atoms with Gasteiger partial charge in [-0.05, 0) is 26.7 Å². The molecule has 0 aliphatic rings. The van der Waals surface area contributed by atoms with Crippen LogP contribution >= 0.6 is 0 Å². The molecule has 1 heterocycles. The van der Waals surface area contributed by atoms with E-state index in [4.69, 9.17) is 4.74 Å². The number of unbranched alkanes of at least 4 members (excludes halogenated alkanes) is 1. The molecule has 1 aromatic heterocycles. The third-order valence-corrected chi connectivity index (χ3v) is 2.18. The first-order valence-electron chi connectivity index (χ1n) is 5.34. The molecule has 0 bridgehead atoms. The summed E-state index contributed by atoms with van der Waals surface area (Å²) >= 11 is 0. The maximum absolute atomic E-state index is 11.1. The summed E-state index contributed by atoms with van der Waals surface area (Å²) < 4.78 is 10.7. The number of nitrogens with zero attached hydrogens (tertiary/aromatic N) is 2. The Hall–Kier alpha value is -1.59. The molecule has 0 radical (unpaired) electrons. The zero-order valence-corrected chi connectivity index (χ0v) is 9.56. The number of aromatic nitrogens is 2. The fourth-order valence-electron chi connectivity index (χ4n) is 1.36. The monoisotopic (exact) mass is 228 g/mol. The first kappa shape index (κ1) is 12.5. The molecule has 0 saturated heterocycles. The van der Waals surface area contributed by atoms with Gasteiger partial charge in [0, 0.05) is 13.0 Å². The molecule has 0 fully saturated rings. The van der Waals surface area contributed by atoms with Gasteiger partial charge in [0.1, 0.15) is 0 Å². The predicted octanol–water partition coefficient (Wildman–Crippen LogP) is 0.878. The zero-order chi connectivity index (χ0) is 12.0. The molecule has 0 aliphatic heterocycles. The number of aryl methyl sites for hydroxylation is 1. The van der Waals surface area contributed by atoms with Crippen molar-refractivity contribution >= 4 is 5.97 Å². The molecule has 1 aromatic rings. The van der Waals surface area contributed by atoms with Crippen molar-refractivity contribution in [3.63, 3.8) is 0 Å². The Balaban J connectivity index is 2.26. The lowest BCUT2D eigenvalue weighted by molar-refractivity contribution is -0.143. The highest BCUT2D eigenvalue weighted by Crippen LogP contribution is 2.01. The molecule has 1 rings (SSSR count). The second kappa shape index (κ2) is 6.09. The molecule has 0 spiro atoms. The average molecular weight is 228 g/mol. The van der Waals surface area contributed by atoms with Gasteiger partial charge in [-0.2, -0.15) is 0 Å². The minimum absolute atomic E-state index is 0.197. The van der Waals surface area contributed by atoms with Crippen molar-refractivity contribution in [1.82, 2.24) is 9.72 Å². The number of carbonyl (C=O) groups is 1. The average Bonchev–Trinajstić information content (AvgIpc) is 2.55. The highest BCUT2D eigenvalue weighted by atomic mass is 16.5. The summed E-state index contributed by atoms with van der Waals surface area (Å²) in [6.45, 7) is 4.41. The summed E-state index contributed by atoms with van der Waals surface area (Å²) in [5.74, 6) is -0.0911. The van der Waals surface area contributed by atoms with Crippen LogP contribution in [-0.2, 0) is 16.1 Å². The molecule has 16 heavy (non-hydrogen) atoms. The standard InChI is InChI=1S/C10H16N2O4/c1-3-15-9(13)6-4-5-7-12-8(2)11-16-10(12)14/h3-7H2,1-2H3. The number of rotatable bonds is 6. The molecule has 0 amide bonds. The van der Waals surface area contributed by atoms with Crippen LogP contribution in [0.3, 0.4) is 0 Å². The van der Waals surface area contributed by atoms with Crippen molar-refractivity contribution in [2.24, 2.45) is 0 Å². The predicted molar refractivity (Wildman–Crippen MR) is 56.0 cm³/mol. The Kier molecular flexibility index (Phi) is 4.75. The Morgan fingerprint density at radius 1 is 1.50 bits per heavy atom. The summed E-state index contributed by atoms with van der Waals surface area (Å²) in [6, 6.07) is 0. The fraction of sp³-hybridized carbons (Fsp3) is 0.700. The third-order valence-electron chi connectivity index (χ3n) is 2.18. The van der Waals surface area contributed by atoms with Crippen LogP contribution in [0.1, 0.15) is 32.0 Å². The smallest absolute Gasteiger partial charge is 0.441 e. The van der Waals surface area contributed by atoms with Crippen molar-refractivity contribution in [3.05, 3.63) is 16.4 Å². The van der Waals surface area contributed by atoms with E-state index >= 15 is 0 Å². The SMILES string of the molecule is CCOC(=O)CCCCn1c(C)noc1=O. The van der Waals surface area contributed by atoms with Gasteiger partial charge in [-0.25, -0.2) is 4.79 Å². The van der Waals surface area contributed by atoms with Crippen LogP contribution in [0.25, 0.3) is 0 Å².